The molecule has 0 aliphatic carbocycles. The summed E-state index contributed by atoms with van der Waals surface area (Å²) in [5, 5.41) is 21.0. The monoisotopic (exact) mass is 234 g/mol. The van der Waals surface area contributed by atoms with Crippen molar-refractivity contribution in [1.82, 2.24) is 0 Å². The van der Waals surface area contributed by atoms with E-state index in [1.54, 1.807) is 0 Å². The van der Waals surface area contributed by atoms with E-state index in [1.165, 1.54) is 6.08 Å². The number of aliphatic hydroxyl groups is 3. The molecule has 0 spiro atoms. The maximum atomic E-state index is 7.00. The summed E-state index contributed by atoms with van der Waals surface area (Å²) in [7, 11) is 3.00. The van der Waals surface area contributed by atoms with Gasteiger partial charge in [-0.3, -0.25) is 6.38 Å². The zero-order chi connectivity index (χ0) is 10.7. The largest absolute Gasteiger partial charge is 2.00 e. The molecule has 0 aromatic rings. The summed E-state index contributed by atoms with van der Waals surface area (Å²) in [4.78, 5) is 0. The van der Waals surface area contributed by atoms with Gasteiger partial charge in [0.25, 0.3) is 0 Å². The van der Waals surface area contributed by atoms with Crippen molar-refractivity contribution in [3.8, 4) is 0 Å². The van der Waals surface area contributed by atoms with Crippen LogP contribution in [0.25, 0.3) is 0 Å². The SMILES string of the molecule is C=C[CH2-].CO.CO.CO.[CH2-]Cl.[Ti+2]. The number of aliphatic hydroxyl groups excluding tert-OH is 3. The molecular weight excluding hydrogens is 215 g/mol. The van der Waals surface area contributed by atoms with Crippen LogP contribution in [-0.4, -0.2) is 36.6 Å². The van der Waals surface area contributed by atoms with Gasteiger partial charge in [0.1, 0.15) is 0 Å². The minimum atomic E-state index is 0. The molecule has 3 N–H and O–H groups in total. The van der Waals surface area contributed by atoms with Crippen molar-refractivity contribution >= 4 is 11.6 Å². The first-order chi connectivity index (χ1) is 5.41. The summed E-state index contributed by atoms with van der Waals surface area (Å²) < 4.78 is 0. The van der Waals surface area contributed by atoms with Gasteiger partial charge in [0.05, 0.1) is 0 Å². The minimum absolute atomic E-state index is 0. The summed E-state index contributed by atoms with van der Waals surface area (Å²) in [6.07, 6.45) is 4.22. The van der Waals surface area contributed by atoms with Crippen LogP contribution in [0.1, 0.15) is 0 Å². The Balaban J connectivity index is -0.00000000933. The Morgan fingerprint density at radius 3 is 1.00 bits per heavy atom. The number of halogens is 1. The molecule has 0 aliphatic rings. The Morgan fingerprint density at radius 1 is 1.00 bits per heavy atom. The van der Waals surface area contributed by atoms with Crippen molar-refractivity contribution in [2.24, 2.45) is 0 Å². The average molecular weight is 235 g/mol. The summed E-state index contributed by atoms with van der Waals surface area (Å²) in [6.45, 7) is 6.50. The molecule has 0 bridgehead atoms. The molecule has 12 heavy (non-hydrogen) atoms. The summed E-state index contributed by atoms with van der Waals surface area (Å²) in [6, 6.07) is 0. The smallest absolute Gasteiger partial charge is 0.400 e. The minimum Gasteiger partial charge on any atom is -0.400 e. The van der Waals surface area contributed by atoms with E-state index in [1.807, 2.05) is 0 Å². The quantitative estimate of drug-likeness (QED) is 0.430. The molecule has 0 aromatic heterocycles. The fourth-order valence-electron chi connectivity index (χ4n) is 0. The summed E-state index contributed by atoms with van der Waals surface area (Å²) >= 11 is 4.39. The zero-order valence-electron chi connectivity index (χ0n) is 7.92. The fourth-order valence-corrected chi connectivity index (χ4v) is 0. The van der Waals surface area contributed by atoms with Gasteiger partial charge in [-0.25, -0.2) is 19.6 Å². The first-order valence-electron chi connectivity index (χ1n) is 2.43. The molecular formula is C7H19ClO3Ti. The Morgan fingerprint density at radius 2 is 1.00 bits per heavy atom. The average Bonchev–Trinajstić information content (AvgIpc) is 2.18. The van der Waals surface area contributed by atoms with Gasteiger partial charge in [0.15, 0.2) is 0 Å². The van der Waals surface area contributed by atoms with Gasteiger partial charge in [0.2, 0.25) is 0 Å². The molecule has 0 saturated carbocycles. The van der Waals surface area contributed by atoms with Gasteiger partial charge >= 0.3 is 21.7 Å². The second-order valence-electron chi connectivity index (χ2n) is 0.289. The van der Waals surface area contributed by atoms with Gasteiger partial charge in [-0.1, -0.05) is 0 Å². The van der Waals surface area contributed by atoms with Gasteiger partial charge in [-0.15, -0.1) is 0 Å². The topological polar surface area (TPSA) is 60.7 Å². The first-order valence-corrected chi connectivity index (χ1v) is 2.96. The molecule has 0 amide bonds. The van der Waals surface area contributed by atoms with E-state index in [0.29, 0.717) is 0 Å². The molecule has 5 heteroatoms. The number of allylic oxidation sites excluding steroid dienone is 1. The van der Waals surface area contributed by atoms with Gasteiger partial charge in [-0.05, 0) is 0 Å². The maximum absolute atomic E-state index is 7.00. The van der Waals surface area contributed by atoms with E-state index < -0.39 is 0 Å². The predicted octanol–water partition coefficient (Wildman–Crippen LogP) is 0.846. The van der Waals surface area contributed by atoms with Crippen LogP contribution >= 0.6 is 11.6 Å². The van der Waals surface area contributed by atoms with E-state index in [4.69, 9.17) is 15.3 Å². The molecule has 3 nitrogen and oxygen atoms in total. The van der Waals surface area contributed by atoms with Gasteiger partial charge in [-0.2, -0.15) is 0 Å². The number of hydrogen-bond acceptors (Lipinski definition) is 3. The molecule has 0 atom stereocenters. The molecule has 0 heterocycles. The Bertz CT molecular complexity index is 26.1. The molecule has 0 unspecified atom stereocenters. The van der Waals surface area contributed by atoms with Gasteiger partial charge < -0.3 is 26.9 Å². The molecule has 0 aliphatic heterocycles. The zero-order valence-corrected chi connectivity index (χ0v) is 10.2. The number of rotatable bonds is 0. The van der Waals surface area contributed by atoms with Crippen LogP contribution in [0, 0.1) is 13.3 Å². The Hall–Kier alpha value is 0.494. The summed E-state index contributed by atoms with van der Waals surface area (Å²) in [5.74, 6) is 0. The standard InChI is InChI=1S/C3H5.CH2Cl.3CH4O.Ti/c1-3-2;4*1-2;/h3H,1-2H2;1H2;3*2H,1H3;/q2*-1;;;;+2. The third-order valence-corrected chi connectivity index (χ3v) is 0. The first kappa shape index (κ1) is 39.1. The van der Waals surface area contributed by atoms with E-state index >= 15 is 0 Å². The molecule has 0 rings (SSSR count). The van der Waals surface area contributed by atoms with E-state index in [2.05, 4.69) is 31.5 Å². The van der Waals surface area contributed by atoms with Crippen molar-refractivity contribution in [3.63, 3.8) is 0 Å². The molecule has 76 valence electrons. The molecule has 0 aromatic carbocycles. The van der Waals surface area contributed by atoms with Crippen LogP contribution in [0.2, 0.25) is 0 Å². The van der Waals surface area contributed by atoms with Crippen LogP contribution in [-0.2, 0) is 21.7 Å². The van der Waals surface area contributed by atoms with Crippen LogP contribution in [0.3, 0.4) is 0 Å². The van der Waals surface area contributed by atoms with E-state index in [9.17, 15) is 0 Å². The van der Waals surface area contributed by atoms with Crippen molar-refractivity contribution in [2.75, 3.05) is 21.3 Å². The second kappa shape index (κ2) is 567. The van der Waals surface area contributed by atoms with E-state index in [-0.39, 0.29) is 21.7 Å². The van der Waals surface area contributed by atoms with Crippen LogP contribution in [0.15, 0.2) is 12.7 Å². The Kier molecular flexibility index (Phi) is 1850. The molecule has 0 radical (unpaired) electrons. The van der Waals surface area contributed by atoms with Crippen molar-refractivity contribution in [3.05, 3.63) is 26.0 Å². The normalized spacial score (nSPS) is 3.00. The molecule has 0 saturated heterocycles. The Labute approximate surface area is 96.0 Å². The van der Waals surface area contributed by atoms with Crippen LogP contribution in [0.5, 0.6) is 0 Å². The predicted molar refractivity (Wildman–Crippen MR) is 51.2 cm³/mol. The summed E-state index contributed by atoms with van der Waals surface area (Å²) in [5.41, 5.74) is 0. The van der Waals surface area contributed by atoms with Crippen LogP contribution in [0.4, 0.5) is 0 Å². The van der Waals surface area contributed by atoms with Gasteiger partial charge in [0, 0.05) is 21.3 Å². The van der Waals surface area contributed by atoms with E-state index in [0.717, 1.165) is 21.3 Å². The molecule has 0 fully saturated rings. The third-order valence-electron chi connectivity index (χ3n) is 0. The van der Waals surface area contributed by atoms with Crippen molar-refractivity contribution < 1.29 is 37.0 Å². The second-order valence-corrected chi connectivity index (χ2v) is 0.289. The van der Waals surface area contributed by atoms with Crippen molar-refractivity contribution in [2.45, 2.75) is 0 Å². The maximum Gasteiger partial charge on any atom is 2.00 e. The van der Waals surface area contributed by atoms with Crippen LogP contribution < -0.4 is 0 Å². The third kappa shape index (κ3) is 3870. The fraction of sp³-hybridized carbons (Fsp3) is 0.429. The van der Waals surface area contributed by atoms with Crippen molar-refractivity contribution in [1.29, 1.82) is 0 Å². The number of hydrogen-bond donors (Lipinski definition) is 3.